The molecule has 0 amide bonds. The van der Waals surface area contributed by atoms with Crippen LogP contribution in [0.2, 0.25) is 0 Å². The molecule has 0 aliphatic rings. The first kappa shape index (κ1) is 41.6. The van der Waals surface area contributed by atoms with Gasteiger partial charge in [0.05, 0.1) is 44.1 Å². The first-order valence-electron chi connectivity index (χ1n) is 25.4. The van der Waals surface area contributed by atoms with E-state index in [-0.39, 0.29) is 11.1 Å². The monoisotopic (exact) mass is 958 g/mol. The Morgan fingerprint density at radius 2 is 0.787 bits per heavy atom. The van der Waals surface area contributed by atoms with Crippen molar-refractivity contribution >= 4 is 125 Å². The first-order valence-corrected chi connectivity index (χ1v) is 25.4. The van der Waals surface area contributed by atoms with Gasteiger partial charge in [0, 0.05) is 76.0 Å². The average Bonchev–Trinajstić information content (AvgIpc) is 4.30. The molecule has 6 heteroatoms. The highest BCUT2D eigenvalue weighted by molar-refractivity contribution is 6.24. The molecule has 0 fully saturated rings. The maximum Gasteiger partial charge on any atom is 0.263 e. The zero-order chi connectivity index (χ0) is 49.8. The number of hydrogen-bond donors (Lipinski definition) is 0. The van der Waals surface area contributed by atoms with Gasteiger partial charge in [0.1, 0.15) is 0 Å². The van der Waals surface area contributed by atoms with Gasteiger partial charge in [-0.05, 0) is 131 Å². The van der Waals surface area contributed by atoms with E-state index >= 15 is 0 Å². The van der Waals surface area contributed by atoms with Crippen molar-refractivity contribution in [3.8, 4) is 27.9 Å². The molecule has 6 nitrogen and oxygen atoms in total. The summed E-state index contributed by atoms with van der Waals surface area (Å²) in [6.07, 6.45) is 7.91. The molecule has 0 spiro atoms. The summed E-state index contributed by atoms with van der Waals surface area (Å²) < 4.78 is 8.56. The lowest BCUT2D eigenvalue weighted by Gasteiger charge is -2.13. The number of fused-ring (bicyclic) bond motifs is 16. The van der Waals surface area contributed by atoms with E-state index < -0.39 is 0 Å². The number of allylic oxidation sites excluding steroid dienone is 5. The Hall–Kier alpha value is -10.0. The molecule has 0 N–H and O–H groups in total. The van der Waals surface area contributed by atoms with Crippen molar-refractivity contribution in [2.45, 2.75) is 6.92 Å². The van der Waals surface area contributed by atoms with Gasteiger partial charge < -0.3 is 9.13 Å². The van der Waals surface area contributed by atoms with E-state index in [2.05, 4.69) is 186 Å². The molecular weight excluding hydrogens is 917 g/mol. The van der Waals surface area contributed by atoms with Crippen LogP contribution in [0.4, 0.5) is 0 Å². The van der Waals surface area contributed by atoms with Gasteiger partial charge in [-0.15, -0.1) is 0 Å². The molecule has 0 saturated heterocycles. The van der Waals surface area contributed by atoms with E-state index in [1.165, 1.54) is 10.8 Å². The molecule has 6 aromatic heterocycles. The highest BCUT2D eigenvalue weighted by Crippen LogP contribution is 2.43. The number of benzene rings is 10. The summed E-state index contributed by atoms with van der Waals surface area (Å²) in [5, 5.41) is 14.2. The zero-order valence-corrected chi connectivity index (χ0v) is 40.7. The predicted octanol–water partition coefficient (Wildman–Crippen LogP) is 16.8. The average molecular weight is 959 g/mol. The molecule has 10 aromatic carbocycles. The third-order valence-corrected chi connectivity index (χ3v) is 16.1. The summed E-state index contributed by atoms with van der Waals surface area (Å²) in [7, 11) is 0. The Balaban J connectivity index is 0.922. The van der Waals surface area contributed by atoms with Crippen LogP contribution in [-0.4, -0.2) is 17.9 Å². The highest BCUT2D eigenvalue weighted by atomic mass is 16.1. The van der Waals surface area contributed by atoms with Crippen molar-refractivity contribution in [2.24, 2.45) is 0 Å². The maximum atomic E-state index is 14.8. The van der Waals surface area contributed by atoms with Gasteiger partial charge >= 0.3 is 0 Å². The van der Waals surface area contributed by atoms with E-state index in [4.69, 9.17) is 0 Å². The summed E-state index contributed by atoms with van der Waals surface area (Å²) >= 11 is 0. The van der Waals surface area contributed by atoms with Crippen molar-refractivity contribution in [3.63, 3.8) is 0 Å². The fraction of sp³-hybridized carbons (Fsp3) is 0.0145. The van der Waals surface area contributed by atoms with E-state index in [9.17, 15) is 9.59 Å². The molecule has 0 unspecified atom stereocenters. The second-order valence-electron chi connectivity index (χ2n) is 20.0. The molecule has 0 saturated carbocycles. The lowest BCUT2D eigenvalue weighted by molar-refractivity contribution is 1.18. The van der Waals surface area contributed by atoms with Gasteiger partial charge in [-0.1, -0.05) is 140 Å². The normalized spacial score (nSPS) is 12.8. The molecule has 0 bridgehead atoms. The molecule has 16 aromatic rings. The molecule has 6 heterocycles. The van der Waals surface area contributed by atoms with Gasteiger partial charge in [0.2, 0.25) is 0 Å². The molecule has 0 atom stereocenters. The highest BCUT2D eigenvalue weighted by Gasteiger charge is 2.23. The number of rotatable bonds is 6. The van der Waals surface area contributed by atoms with Crippen LogP contribution in [0.15, 0.2) is 241 Å². The van der Waals surface area contributed by atoms with E-state index in [0.717, 1.165) is 132 Å². The van der Waals surface area contributed by atoms with Crippen molar-refractivity contribution in [3.05, 3.63) is 252 Å². The molecule has 0 aliphatic carbocycles. The van der Waals surface area contributed by atoms with Gasteiger partial charge in [-0.3, -0.25) is 18.4 Å². The van der Waals surface area contributed by atoms with Crippen molar-refractivity contribution in [1.82, 2.24) is 17.9 Å². The minimum Gasteiger partial charge on any atom is -0.313 e. The van der Waals surface area contributed by atoms with Crippen molar-refractivity contribution in [1.29, 1.82) is 0 Å². The largest absolute Gasteiger partial charge is 0.313 e. The second kappa shape index (κ2) is 15.2. The van der Waals surface area contributed by atoms with Crippen LogP contribution in [0, 0.1) is 0 Å². The van der Waals surface area contributed by atoms with Gasteiger partial charge in [0.25, 0.3) is 11.1 Å². The van der Waals surface area contributed by atoms with E-state index in [1.54, 1.807) is 6.08 Å². The summed E-state index contributed by atoms with van der Waals surface area (Å²) in [6, 6.07) is 70.8. The van der Waals surface area contributed by atoms with Crippen molar-refractivity contribution < 1.29 is 0 Å². The number of nitrogens with zero attached hydrogens (tertiary/aromatic N) is 4. The second-order valence-corrected chi connectivity index (χ2v) is 20.0. The van der Waals surface area contributed by atoms with Crippen LogP contribution < -0.4 is 11.1 Å². The quantitative estimate of drug-likeness (QED) is 0.123. The van der Waals surface area contributed by atoms with Crippen LogP contribution in [0.3, 0.4) is 0 Å². The standard InChI is InChI=1S/C69H42N4O2/c1-3-4-5-16-40(2)70-64-32-29-42(34-55(64)51-30-27-43(37-65(51)70)44-35-56-46-17-6-7-22-52(46)68(74)72-62-25-14-10-20-49(62)57(36-44)66(56)72)41-28-31-53-54(33-41)59-39-45(38-58-50-21-11-15-26-63(50)73(67(58)59)69(53)75)71-60-23-12-8-18-47(60)48-19-9-13-24-61(48)71/h3-39H,1H2,2H3/b5-4-,40-16+. The summed E-state index contributed by atoms with van der Waals surface area (Å²) in [6.45, 7) is 6.07. The number of aromatic nitrogens is 4. The maximum absolute atomic E-state index is 14.8. The van der Waals surface area contributed by atoms with Gasteiger partial charge in [-0.25, -0.2) is 0 Å². The Morgan fingerprint density at radius 3 is 1.40 bits per heavy atom. The zero-order valence-electron chi connectivity index (χ0n) is 40.7. The van der Waals surface area contributed by atoms with Crippen LogP contribution in [0.5, 0.6) is 0 Å². The van der Waals surface area contributed by atoms with Crippen molar-refractivity contribution in [2.75, 3.05) is 0 Å². The lowest BCUT2D eigenvalue weighted by atomic mass is 9.96. The Bertz CT molecular complexity index is 5330. The first-order chi connectivity index (χ1) is 36.9. The molecule has 350 valence electrons. The van der Waals surface area contributed by atoms with Crippen LogP contribution in [0.1, 0.15) is 6.92 Å². The number of hydrogen-bond acceptors (Lipinski definition) is 2. The number of para-hydroxylation sites is 4. The molecule has 16 rings (SSSR count). The third-order valence-electron chi connectivity index (χ3n) is 16.1. The molecule has 75 heavy (non-hydrogen) atoms. The molecular formula is C69H42N4O2. The summed E-state index contributed by atoms with van der Waals surface area (Å²) in [4.78, 5) is 29.0. The summed E-state index contributed by atoms with van der Waals surface area (Å²) in [5.74, 6) is 0. The third kappa shape index (κ3) is 5.62. The minimum atomic E-state index is -0.0196. The van der Waals surface area contributed by atoms with E-state index in [0.29, 0.717) is 10.8 Å². The van der Waals surface area contributed by atoms with Crippen LogP contribution in [0.25, 0.3) is 153 Å². The van der Waals surface area contributed by atoms with Gasteiger partial charge in [-0.2, -0.15) is 0 Å². The summed E-state index contributed by atoms with van der Waals surface area (Å²) in [5.41, 5.74) is 14.5. The Morgan fingerprint density at radius 1 is 0.360 bits per heavy atom. The predicted molar refractivity (Wildman–Crippen MR) is 316 cm³/mol. The minimum absolute atomic E-state index is 0.00448. The molecule has 0 aliphatic heterocycles. The fourth-order valence-electron chi connectivity index (χ4n) is 12.9. The van der Waals surface area contributed by atoms with Gasteiger partial charge in [0.15, 0.2) is 0 Å². The molecule has 0 radical (unpaired) electrons. The Kier molecular flexibility index (Phi) is 8.45. The smallest absolute Gasteiger partial charge is 0.263 e. The van der Waals surface area contributed by atoms with E-state index in [1.807, 2.05) is 63.4 Å². The SMILES string of the molecule is C=C/C=C\C=C(/C)n1c2ccc(-c3ccc4c(=O)n5c6ccccc6c6cc(-n7c8ccccc8c8ccccc87)cc(c4c3)c65)cc2c2ccc(-c3cc4c5ccccc5c(=O)n5c6ccccc6c(c3)c45)cc21. The topological polar surface area (TPSA) is 52.8 Å². The fourth-order valence-corrected chi connectivity index (χ4v) is 12.9. The van der Waals surface area contributed by atoms with Crippen LogP contribution >= 0.6 is 0 Å². The lowest BCUT2D eigenvalue weighted by Crippen LogP contribution is -2.13. The Labute approximate surface area is 427 Å². The van der Waals surface area contributed by atoms with Crippen LogP contribution in [-0.2, 0) is 0 Å². The number of pyridine rings is 2.